The second-order valence-electron chi connectivity index (χ2n) is 9.19. The second kappa shape index (κ2) is 7.78. The van der Waals surface area contributed by atoms with Gasteiger partial charge in [0.2, 0.25) is 0 Å². The molecule has 3 aliphatic rings. The molecule has 1 amide bonds. The summed E-state index contributed by atoms with van der Waals surface area (Å²) >= 11 is 0. The van der Waals surface area contributed by atoms with E-state index in [1.54, 1.807) is 23.1 Å². The molecule has 2 aliphatic heterocycles. The van der Waals surface area contributed by atoms with E-state index < -0.39 is 5.82 Å². The molecule has 5 rings (SSSR count). The first kappa shape index (κ1) is 19.7. The van der Waals surface area contributed by atoms with E-state index in [1.807, 2.05) is 18.2 Å². The van der Waals surface area contributed by atoms with Gasteiger partial charge in [0.25, 0.3) is 5.91 Å². The molecular weight excluding hydrogens is 379 g/mol. The average molecular weight is 409 g/mol. The minimum atomic E-state index is -0.465. The summed E-state index contributed by atoms with van der Waals surface area (Å²) in [6.07, 6.45) is 5.07. The lowest BCUT2D eigenvalue weighted by atomic mass is 9.60. The zero-order chi connectivity index (χ0) is 20.7. The summed E-state index contributed by atoms with van der Waals surface area (Å²) in [5, 5.41) is 10.2. The van der Waals surface area contributed by atoms with Crippen molar-refractivity contribution in [2.75, 3.05) is 26.2 Å². The van der Waals surface area contributed by atoms with Gasteiger partial charge in [-0.05, 0) is 36.5 Å². The smallest absolute Gasteiger partial charge is 0.256 e. The van der Waals surface area contributed by atoms with Crippen molar-refractivity contribution in [1.82, 2.24) is 9.80 Å². The number of amides is 1. The van der Waals surface area contributed by atoms with Crippen LogP contribution >= 0.6 is 0 Å². The Morgan fingerprint density at radius 1 is 1.03 bits per heavy atom. The molecular formula is C25H29FN2O2. The third kappa shape index (κ3) is 3.07. The lowest BCUT2D eigenvalue weighted by Crippen LogP contribution is -2.85. The van der Waals surface area contributed by atoms with E-state index in [0.717, 1.165) is 6.54 Å². The summed E-state index contributed by atoms with van der Waals surface area (Å²) in [5.41, 5.74) is 1.21. The summed E-state index contributed by atoms with van der Waals surface area (Å²) < 4.78 is 14.2. The Morgan fingerprint density at radius 2 is 1.70 bits per heavy atom. The van der Waals surface area contributed by atoms with Crippen LogP contribution in [0.25, 0.3) is 0 Å². The quantitative estimate of drug-likeness (QED) is 0.821. The van der Waals surface area contributed by atoms with Gasteiger partial charge in [-0.3, -0.25) is 9.69 Å². The molecule has 30 heavy (non-hydrogen) atoms. The summed E-state index contributed by atoms with van der Waals surface area (Å²) in [4.78, 5) is 17.2. The molecule has 1 spiro atoms. The maximum Gasteiger partial charge on any atom is 0.256 e. The summed E-state index contributed by atoms with van der Waals surface area (Å²) in [6.45, 7) is 2.28. The first-order chi connectivity index (χ1) is 14.6. The standard InChI is InChI=1S/C25H29FN2O2/c26-21-13-7-6-12-20(21)24(30)27-16-25(17-27)23(19-10-2-1-3-11-19)22(15-29)28(25)14-18-8-4-5-9-18/h1-3,6-7,10-13,18,22-23,29H,4-5,8-9,14-17H2/t22-,23-/m1/s1. The molecule has 0 unspecified atom stereocenters. The molecule has 1 N–H and O–H groups in total. The number of rotatable bonds is 5. The fourth-order valence-electron chi connectivity index (χ4n) is 6.09. The monoisotopic (exact) mass is 408 g/mol. The number of aliphatic hydroxyl groups excluding tert-OH is 1. The van der Waals surface area contributed by atoms with Gasteiger partial charge in [0, 0.05) is 31.6 Å². The maximum absolute atomic E-state index is 14.2. The lowest BCUT2D eigenvalue weighted by molar-refractivity contribution is -0.183. The van der Waals surface area contributed by atoms with Crippen molar-refractivity contribution in [2.45, 2.75) is 43.2 Å². The molecule has 2 aromatic carbocycles. The van der Waals surface area contributed by atoms with Crippen LogP contribution in [0.1, 0.15) is 47.5 Å². The molecule has 2 saturated heterocycles. The highest BCUT2D eigenvalue weighted by Crippen LogP contribution is 2.54. The topological polar surface area (TPSA) is 43.8 Å². The summed E-state index contributed by atoms with van der Waals surface area (Å²) in [6, 6.07) is 16.6. The molecule has 2 aromatic rings. The number of hydrogen-bond donors (Lipinski definition) is 1. The van der Waals surface area contributed by atoms with Crippen molar-refractivity contribution in [3.8, 4) is 0 Å². The van der Waals surface area contributed by atoms with Gasteiger partial charge >= 0.3 is 0 Å². The van der Waals surface area contributed by atoms with Crippen LogP contribution in [0.5, 0.6) is 0 Å². The predicted octanol–water partition coefficient (Wildman–Crippen LogP) is 3.67. The van der Waals surface area contributed by atoms with E-state index in [1.165, 1.54) is 37.3 Å². The minimum absolute atomic E-state index is 0.0821. The van der Waals surface area contributed by atoms with Crippen molar-refractivity contribution in [3.63, 3.8) is 0 Å². The highest BCUT2D eigenvalue weighted by atomic mass is 19.1. The maximum atomic E-state index is 14.2. The average Bonchev–Trinajstić information content (AvgIpc) is 3.24. The van der Waals surface area contributed by atoms with E-state index in [0.29, 0.717) is 19.0 Å². The first-order valence-electron chi connectivity index (χ1n) is 11.1. The van der Waals surface area contributed by atoms with E-state index in [-0.39, 0.29) is 35.6 Å². The molecule has 2 heterocycles. The van der Waals surface area contributed by atoms with Gasteiger partial charge < -0.3 is 10.0 Å². The van der Waals surface area contributed by atoms with Crippen molar-refractivity contribution in [2.24, 2.45) is 5.92 Å². The molecule has 158 valence electrons. The van der Waals surface area contributed by atoms with Crippen molar-refractivity contribution < 1.29 is 14.3 Å². The molecule has 0 aromatic heterocycles. The highest BCUT2D eigenvalue weighted by Gasteiger charge is 2.66. The normalized spacial score (nSPS) is 25.9. The molecule has 0 radical (unpaired) electrons. The van der Waals surface area contributed by atoms with Crippen molar-refractivity contribution in [3.05, 3.63) is 71.5 Å². The van der Waals surface area contributed by atoms with Crippen LogP contribution in [0.4, 0.5) is 4.39 Å². The third-order valence-corrected chi connectivity index (χ3v) is 7.53. The fraction of sp³-hybridized carbons (Fsp3) is 0.480. The number of halogens is 1. The zero-order valence-electron chi connectivity index (χ0n) is 17.2. The fourth-order valence-corrected chi connectivity index (χ4v) is 6.09. The first-order valence-corrected chi connectivity index (χ1v) is 11.1. The van der Waals surface area contributed by atoms with Gasteiger partial charge in [0.1, 0.15) is 5.82 Å². The molecule has 4 nitrogen and oxygen atoms in total. The summed E-state index contributed by atoms with van der Waals surface area (Å²) in [5.74, 6) is 0.158. The van der Waals surface area contributed by atoms with Crippen molar-refractivity contribution in [1.29, 1.82) is 0 Å². The van der Waals surface area contributed by atoms with Crippen LogP contribution < -0.4 is 0 Å². The van der Waals surface area contributed by atoms with Gasteiger partial charge in [-0.2, -0.15) is 0 Å². The number of carbonyl (C=O) groups excluding carboxylic acids is 1. The summed E-state index contributed by atoms with van der Waals surface area (Å²) in [7, 11) is 0. The molecule has 1 saturated carbocycles. The van der Waals surface area contributed by atoms with Crippen LogP contribution in [0.3, 0.4) is 0 Å². The molecule has 3 fully saturated rings. The van der Waals surface area contributed by atoms with Gasteiger partial charge in [-0.15, -0.1) is 0 Å². The Balaban J connectivity index is 1.41. The highest BCUT2D eigenvalue weighted by molar-refractivity contribution is 5.95. The number of nitrogens with zero attached hydrogens (tertiary/aromatic N) is 2. The second-order valence-corrected chi connectivity index (χ2v) is 9.19. The molecule has 1 aliphatic carbocycles. The van der Waals surface area contributed by atoms with Crippen molar-refractivity contribution >= 4 is 5.91 Å². The largest absolute Gasteiger partial charge is 0.395 e. The van der Waals surface area contributed by atoms with Gasteiger partial charge in [-0.25, -0.2) is 4.39 Å². The Kier molecular flexibility index (Phi) is 5.11. The van der Waals surface area contributed by atoms with E-state index >= 15 is 0 Å². The molecule has 0 bridgehead atoms. The zero-order valence-corrected chi connectivity index (χ0v) is 17.2. The molecule has 5 heteroatoms. The third-order valence-electron chi connectivity index (χ3n) is 7.53. The Hall–Kier alpha value is -2.24. The van der Waals surface area contributed by atoms with E-state index in [9.17, 15) is 14.3 Å². The predicted molar refractivity (Wildman–Crippen MR) is 114 cm³/mol. The van der Waals surface area contributed by atoms with Crippen LogP contribution in [-0.4, -0.2) is 58.6 Å². The lowest BCUT2D eigenvalue weighted by Gasteiger charge is -2.71. The number of carbonyl (C=O) groups is 1. The SMILES string of the molecule is O=C(c1ccccc1F)N1CC2(C1)[C@H](c1ccccc1)[C@@H](CO)N2CC1CCCC1. The van der Waals surface area contributed by atoms with E-state index in [4.69, 9.17) is 0 Å². The number of likely N-dealkylation sites (tertiary alicyclic amines) is 2. The van der Waals surface area contributed by atoms with E-state index in [2.05, 4.69) is 17.0 Å². The Labute approximate surface area is 177 Å². The van der Waals surface area contributed by atoms with Crippen LogP contribution in [-0.2, 0) is 0 Å². The van der Waals surface area contributed by atoms with Crippen LogP contribution in [0, 0.1) is 11.7 Å². The number of aliphatic hydroxyl groups is 1. The van der Waals surface area contributed by atoms with Crippen LogP contribution in [0.2, 0.25) is 0 Å². The van der Waals surface area contributed by atoms with Gasteiger partial charge in [0.15, 0.2) is 0 Å². The molecule has 2 atom stereocenters. The number of hydrogen-bond acceptors (Lipinski definition) is 3. The minimum Gasteiger partial charge on any atom is -0.395 e. The van der Waals surface area contributed by atoms with Gasteiger partial charge in [-0.1, -0.05) is 55.3 Å². The Bertz CT molecular complexity index is 906. The van der Waals surface area contributed by atoms with Gasteiger partial charge in [0.05, 0.1) is 17.7 Å². The Morgan fingerprint density at radius 3 is 2.37 bits per heavy atom. The number of benzene rings is 2. The van der Waals surface area contributed by atoms with Crippen LogP contribution in [0.15, 0.2) is 54.6 Å².